The average Bonchev–Trinajstić information content (AvgIpc) is 3.11. The van der Waals surface area contributed by atoms with Gasteiger partial charge in [-0.05, 0) is 46.2 Å². The second-order valence-corrected chi connectivity index (χ2v) is 5.48. The zero-order valence-corrected chi connectivity index (χ0v) is 12.8. The fraction of sp³-hybridized carbons (Fsp3) is 0.125. The summed E-state index contributed by atoms with van der Waals surface area (Å²) in [6, 6.07) is 9.93. The maximum Gasteiger partial charge on any atom is 0.274 e. The Morgan fingerprint density at radius 2 is 2.04 bits per heavy atom. The number of nitrogens with zero attached hydrogens (tertiary/aromatic N) is 3. The molecule has 0 radical (unpaired) electrons. The van der Waals surface area contributed by atoms with Crippen LogP contribution in [0.3, 0.4) is 0 Å². The molecule has 126 valence electrons. The van der Waals surface area contributed by atoms with E-state index in [-0.39, 0.29) is 24.6 Å². The summed E-state index contributed by atoms with van der Waals surface area (Å²) in [5.41, 5.74) is 4.27. The molecule has 2 N–H and O–H groups in total. The number of nitrogens with one attached hydrogen (secondary N) is 1. The van der Waals surface area contributed by atoms with Gasteiger partial charge in [0.2, 0.25) is 0 Å². The lowest BCUT2D eigenvalue weighted by atomic mass is 10.1. The number of aromatic nitrogens is 2. The van der Waals surface area contributed by atoms with Crippen LogP contribution in [0, 0.1) is 0 Å². The highest BCUT2D eigenvalue weighted by Gasteiger charge is 2.27. The molecule has 0 spiro atoms. The topological polar surface area (TPSA) is 118 Å². The molecule has 4 rings (SSSR count). The molecule has 25 heavy (non-hydrogen) atoms. The molecule has 1 aromatic heterocycles. The predicted molar refractivity (Wildman–Crippen MR) is 84.2 cm³/mol. The van der Waals surface area contributed by atoms with Crippen molar-refractivity contribution in [3.8, 4) is 5.75 Å². The van der Waals surface area contributed by atoms with Crippen molar-refractivity contribution in [1.29, 1.82) is 0 Å². The van der Waals surface area contributed by atoms with Crippen molar-refractivity contribution in [3.05, 3.63) is 47.5 Å². The number of hydrogen-bond acceptors (Lipinski definition) is 7. The molecule has 0 fully saturated rings. The van der Waals surface area contributed by atoms with Crippen LogP contribution in [0.5, 0.6) is 5.75 Å². The standard InChI is InChI=1S/C16H12N4O5/c21-15-8-24-14-4-2-10(16(22)17-23)6-13(14)20(15)7-9-1-3-11-12(5-9)19-25-18-11/h1-6,23H,7-8H2,(H,17,22). The van der Waals surface area contributed by atoms with Crippen LogP contribution in [0.4, 0.5) is 5.69 Å². The number of benzene rings is 2. The summed E-state index contributed by atoms with van der Waals surface area (Å²) in [7, 11) is 0. The molecular weight excluding hydrogens is 328 g/mol. The van der Waals surface area contributed by atoms with Gasteiger partial charge >= 0.3 is 0 Å². The quantitative estimate of drug-likeness (QED) is 0.544. The summed E-state index contributed by atoms with van der Waals surface area (Å²) in [4.78, 5) is 25.5. The third-order valence-electron chi connectivity index (χ3n) is 3.92. The maximum absolute atomic E-state index is 12.3. The molecule has 9 nitrogen and oxygen atoms in total. The van der Waals surface area contributed by atoms with Gasteiger partial charge in [-0.2, -0.15) is 0 Å². The third kappa shape index (κ3) is 2.66. The van der Waals surface area contributed by atoms with Crippen LogP contribution >= 0.6 is 0 Å². The Balaban J connectivity index is 1.71. The smallest absolute Gasteiger partial charge is 0.274 e. The van der Waals surface area contributed by atoms with E-state index in [4.69, 9.17) is 9.94 Å². The van der Waals surface area contributed by atoms with Crippen molar-refractivity contribution >= 4 is 28.5 Å². The van der Waals surface area contributed by atoms with Gasteiger partial charge in [-0.3, -0.25) is 14.8 Å². The highest BCUT2D eigenvalue weighted by Crippen LogP contribution is 2.34. The van der Waals surface area contributed by atoms with E-state index in [9.17, 15) is 9.59 Å². The average molecular weight is 340 g/mol. The Morgan fingerprint density at radius 3 is 2.88 bits per heavy atom. The fourth-order valence-electron chi connectivity index (χ4n) is 2.69. The number of fused-ring (bicyclic) bond motifs is 2. The molecule has 3 aromatic rings. The van der Waals surface area contributed by atoms with Crippen LogP contribution in [0.2, 0.25) is 0 Å². The first-order valence-corrected chi connectivity index (χ1v) is 7.38. The van der Waals surface area contributed by atoms with Crippen molar-refractivity contribution in [2.24, 2.45) is 0 Å². The van der Waals surface area contributed by atoms with E-state index in [1.807, 2.05) is 6.07 Å². The van der Waals surface area contributed by atoms with Crippen LogP contribution in [-0.4, -0.2) is 33.9 Å². The molecule has 0 bridgehead atoms. The molecule has 0 saturated heterocycles. The lowest BCUT2D eigenvalue weighted by molar-refractivity contribution is -0.121. The van der Waals surface area contributed by atoms with E-state index in [0.717, 1.165) is 5.56 Å². The monoisotopic (exact) mass is 340 g/mol. The van der Waals surface area contributed by atoms with Crippen molar-refractivity contribution in [3.63, 3.8) is 0 Å². The van der Waals surface area contributed by atoms with Crippen molar-refractivity contribution < 1.29 is 24.2 Å². The number of anilines is 1. The number of ether oxygens (including phenoxy) is 1. The summed E-state index contributed by atoms with van der Waals surface area (Å²) in [5.74, 6) is -0.429. The molecule has 1 aliphatic heterocycles. The van der Waals surface area contributed by atoms with E-state index in [0.29, 0.717) is 22.5 Å². The third-order valence-corrected chi connectivity index (χ3v) is 3.92. The Labute approximate surface area is 140 Å². The van der Waals surface area contributed by atoms with Gasteiger partial charge in [-0.1, -0.05) is 6.07 Å². The fourth-order valence-corrected chi connectivity index (χ4v) is 2.69. The SMILES string of the molecule is O=C(NO)c1ccc2c(c1)N(Cc1ccc3nonc3c1)C(=O)CO2. The predicted octanol–water partition coefficient (Wildman–Crippen LogP) is 1.27. The maximum atomic E-state index is 12.3. The number of carbonyl (C=O) groups is 2. The minimum atomic E-state index is -0.670. The normalized spacial score (nSPS) is 13.5. The first-order valence-electron chi connectivity index (χ1n) is 7.38. The molecule has 2 aromatic carbocycles. The lowest BCUT2D eigenvalue weighted by Crippen LogP contribution is -2.38. The van der Waals surface area contributed by atoms with Gasteiger partial charge in [0.25, 0.3) is 11.8 Å². The lowest BCUT2D eigenvalue weighted by Gasteiger charge is -2.29. The summed E-state index contributed by atoms with van der Waals surface area (Å²) < 4.78 is 10.1. The van der Waals surface area contributed by atoms with Gasteiger partial charge in [0, 0.05) is 5.56 Å². The molecule has 1 aliphatic rings. The molecule has 9 heteroatoms. The van der Waals surface area contributed by atoms with Gasteiger partial charge in [0.15, 0.2) is 6.61 Å². The summed E-state index contributed by atoms with van der Waals surface area (Å²) in [6.07, 6.45) is 0. The van der Waals surface area contributed by atoms with Crippen LogP contribution in [0.25, 0.3) is 11.0 Å². The number of rotatable bonds is 3. The Bertz CT molecular complexity index is 984. The largest absolute Gasteiger partial charge is 0.482 e. The zero-order valence-electron chi connectivity index (χ0n) is 12.8. The second-order valence-electron chi connectivity index (χ2n) is 5.48. The molecule has 2 heterocycles. The second kappa shape index (κ2) is 5.87. The Hall–Kier alpha value is -3.46. The first kappa shape index (κ1) is 15.1. The van der Waals surface area contributed by atoms with E-state index < -0.39 is 5.91 Å². The molecule has 0 saturated carbocycles. The van der Waals surface area contributed by atoms with E-state index >= 15 is 0 Å². The minimum Gasteiger partial charge on any atom is -0.482 e. The minimum absolute atomic E-state index is 0.0910. The molecule has 0 aliphatic carbocycles. The number of carbonyl (C=O) groups excluding carboxylic acids is 2. The van der Waals surface area contributed by atoms with Gasteiger partial charge in [-0.15, -0.1) is 0 Å². The number of hydroxylamine groups is 1. The van der Waals surface area contributed by atoms with Crippen LogP contribution in [-0.2, 0) is 11.3 Å². The summed E-state index contributed by atoms with van der Waals surface area (Å²) in [5, 5.41) is 16.3. The van der Waals surface area contributed by atoms with Gasteiger partial charge in [0.1, 0.15) is 16.8 Å². The Kier molecular flexibility index (Phi) is 3.55. The highest BCUT2D eigenvalue weighted by atomic mass is 16.6. The molecule has 0 atom stereocenters. The summed E-state index contributed by atoms with van der Waals surface area (Å²) >= 11 is 0. The van der Waals surface area contributed by atoms with Crippen molar-refractivity contribution in [2.75, 3.05) is 11.5 Å². The Morgan fingerprint density at radius 1 is 1.20 bits per heavy atom. The molecule has 2 amide bonds. The van der Waals surface area contributed by atoms with Gasteiger partial charge in [-0.25, -0.2) is 10.1 Å². The van der Waals surface area contributed by atoms with E-state index in [2.05, 4.69) is 14.9 Å². The van der Waals surface area contributed by atoms with E-state index in [1.165, 1.54) is 17.0 Å². The van der Waals surface area contributed by atoms with Crippen LogP contribution < -0.4 is 15.1 Å². The van der Waals surface area contributed by atoms with Crippen LogP contribution in [0.15, 0.2) is 41.0 Å². The summed E-state index contributed by atoms with van der Waals surface area (Å²) in [6.45, 7) is 0.175. The van der Waals surface area contributed by atoms with Gasteiger partial charge in [0.05, 0.1) is 12.2 Å². The van der Waals surface area contributed by atoms with E-state index in [1.54, 1.807) is 23.7 Å². The highest BCUT2D eigenvalue weighted by molar-refractivity contribution is 6.01. The first-order chi connectivity index (χ1) is 12.2. The number of amides is 2. The zero-order chi connectivity index (χ0) is 17.4. The number of hydrogen-bond donors (Lipinski definition) is 2. The van der Waals surface area contributed by atoms with Crippen LogP contribution in [0.1, 0.15) is 15.9 Å². The van der Waals surface area contributed by atoms with Crippen molar-refractivity contribution in [1.82, 2.24) is 15.8 Å². The molecule has 0 unspecified atom stereocenters. The van der Waals surface area contributed by atoms with Gasteiger partial charge < -0.3 is 9.64 Å². The van der Waals surface area contributed by atoms with Crippen molar-refractivity contribution in [2.45, 2.75) is 6.54 Å². The molecular formula is C16H12N4O5.